The van der Waals surface area contributed by atoms with Crippen LogP contribution in [0.1, 0.15) is 78.3 Å². The van der Waals surface area contributed by atoms with Gasteiger partial charge < -0.3 is 41.2 Å². The fourth-order valence-electron chi connectivity index (χ4n) is 6.92. The number of carbonyl (C=O) groups excluding carboxylic acids is 5. The van der Waals surface area contributed by atoms with E-state index in [0.717, 1.165) is 0 Å². The Morgan fingerprint density at radius 1 is 0.894 bits per heavy atom. The highest BCUT2D eigenvalue weighted by atomic mass is 16.4. The summed E-state index contributed by atoms with van der Waals surface area (Å²) in [5.74, 6) is -3.40. The molecule has 1 aromatic heterocycles. The van der Waals surface area contributed by atoms with E-state index in [2.05, 4.69) is 20.6 Å². The van der Waals surface area contributed by atoms with Gasteiger partial charge in [-0.1, -0.05) is 27.7 Å². The Hall–Kier alpha value is -4.01. The standard InChI is InChI=1S/C32H50N8O7/c1-18(2)14-22(36-27(41)21(33)15-20-16-34-17-35-20)29(43)39-12-6-9-24(39)31(45)40-13-7-10-25(40)30(44)38-11-5-8-23(38)28(42)37-26(19(3)4)32(46)47/h16-19,21-26H,5-15,33H2,1-4H3,(H,34,35)(H,36,41)(H,37,42)(H,46,47). The van der Waals surface area contributed by atoms with Crippen molar-refractivity contribution in [2.45, 2.75) is 115 Å². The second kappa shape index (κ2) is 15.7. The van der Waals surface area contributed by atoms with Crippen molar-refractivity contribution in [3.63, 3.8) is 0 Å². The van der Waals surface area contributed by atoms with Gasteiger partial charge in [-0.15, -0.1) is 0 Å². The zero-order valence-corrected chi connectivity index (χ0v) is 27.8. The Labute approximate surface area is 275 Å². The average Bonchev–Trinajstić information content (AvgIpc) is 3.84. The number of nitrogens with one attached hydrogen (secondary N) is 3. The zero-order valence-electron chi connectivity index (χ0n) is 27.8. The van der Waals surface area contributed by atoms with Crippen LogP contribution in [-0.4, -0.2) is 121 Å². The van der Waals surface area contributed by atoms with E-state index in [0.29, 0.717) is 70.3 Å². The molecule has 5 amide bonds. The van der Waals surface area contributed by atoms with Crippen LogP contribution in [0, 0.1) is 11.8 Å². The van der Waals surface area contributed by atoms with Gasteiger partial charge in [0.25, 0.3) is 0 Å². The van der Waals surface area contributed by atoms with E-state index < -0.39 is 54.0 Å². The van der Waals surface area contributed by atoms with Crippen molar-refractivity contribution < 1.29 is 33.9 Å². The lowest BCUT2D eigenvalue weighted by molar-refractivity contribution is -0.151. The molecule has 15 heteroatoms. The van der Waals surface area contributed by atoms with Crippen molar-refractivity contribution >= 4 is 35.5 Å². The first-order chi connectivity index (χ1) is 22.3. The van der Waals surface area contributed by atoms with Crippen LogP contribution in [0.25, 0.3) is 0 Å². The lowest BCUT2D eigenvalue weighted by atomic mass is 10.0. The quantitative estimate of drug-likeness (QED) is 0.193. The summed E-state index contributed by atoms with van der Waals surface area (Å²) in [6.07, 6.45) is 6.73. The average molecular weight is 659 g/mol. The van der Waals surface area contributed by atoms with Crippen LogP contribution in [0.5, 0.6) is 0 Å². The molecule has 0 saturated carbocycles. The predicted octanol–water partition coefficient (Wildman–Crippen LogP) is 0.00880. The minimum atomic E-state index is -1.14. The van der Waals surface area contributed by atoms with Crippen LogP contribution >= 0.6 is 0 Å². The van der Waals surface area contributed by atoms with Crippen molar-refractivity contribution in [2.24, 2.45) is 17.6 Å². The number of aromatic nitrogens is 2. The van der Waals surface area contributed by atoms with E-state index in [1.54, 1.807) is 20.0 Å². The summed E-state index contributed by atoms with van der Waals surface area (Å²) in [5, 5.41) is 14.9. The largest absolute Gasteiger partial charge is 0.480 e. The number of nitrogens with two attached hydrogens (primary N) is 1. The summed E-state index contributed by atoms with van der Waals surface area (Å²) < 4.78 is 0. The maximum atomic E-state index is 14.1. The smallest absolute Gasteiger partial charge is 0.326 e. The molecule has 0 radical (unpaired) electrons. The summed E-state index contributed by atoms with van der Waals surface area (Å²) in [6, 6.07) is -5.22. The molecular formula is C32H50N8O7. The molecule has 6 atom stereocenters. The highest BCUT2D eigenvalue weighted by molar-refractivity contribution is 5.97. The zero-order chi connectivity index (χ0) is 34.4. The second-order valence-corrected chi connectivity index (χ2v) is 13.7. The van der Waals surface area contributed by atoms with Gasteiger partial charge in [0.2, 0.25) is 29.5 Å². The van der Waals surface area contributed by atoms with E-state index in [-0.39, 0.29) is 36.0 Å². The maximum Gasteiger partial charge on any atom is 0.326 e. The van der Waals surface area contributed by atoms with Gasteiger partial charge in [0.1, 0.15) is 30.2 Å². The molecule has 47 heavy (non-hydrogen) atoms. The molecule has 0 aromatic carbocycles. The van der Waals surface area contributed by atoms with Gasteiger partial charge in [-0.05, 0) is 56.8 Å². The number of carboxylic acid groups (broad SMARTS) is 1. The molecular weight excluding hydrogens is 608 g/mol. The molecule has 0 bridgehead atoms. The highest BCUT2D eigenvalue weighted by Gasteiger charge is 2.46. The monoisotopic (exact) mass is 658 g/mol. The van der Waals surface area contributed by atoms with Crippen LogP contribution in [0.4, 0.5) is 0 Å². The molecule has 0 spiro atoms. The SMILES string of the molecule is CC(C)CC(NC(=O)C(N)Cc1cnc[nH]1)C(=O)N1CCCC1C(=O)N1CCCC1C(=O)N1CCCC1C(=O)NC(C(=O)O)C(C)C. The Bertz CT molecular complexity index is 1300. The van der Waals surface area contributed by atoms with Crippen molar-refractivity contribution in [1.29, 1.82) is 0 Å². The van der Waals surface area contributed by atoms with Crippen molar-refractivity contribution in [3.05, 3.63) is 18.2 Å². The first kappa shape index (κ1) is 35.8. The maximum absolute atomic E-state index is 14.1. The van der Waals surface area contributed by atoms with E-state index in [9.17, 15) is 33.9 Å². The first-order valence-electron chi connectivity index (χ1n) is 16.8. The van der Waals surface area contributed by atoms with Crippen molar-refractivity contribution in [2.75, 3.05) is 19.6 Å². The molecule has 3 saturated heterocycles. The number of likely N-dealkylation sites (tertiary alicyclic amines) is 3. The van der Waals surface area contributed by atoms with Crippen molar-refractivity contribution in [3.8, 4) is 0 Å². The molecule has 6 unspecified atom stereocenters. The molecule has 3 fully saturated rings. The fraction of sp³-hybridized carbons (Fsp3) is 0.719. The molecule has 15 nitrogen and oxygen atoms in total. The summed E-state index contributed by atoms with van der Waals surface area (Å²) in [4.78, 5) is 91.1. The predicted molar refractivity (Wildman–Crippen MR) is 170 cm³/mol. The lowest BCUT2D eigenvalue weighted by Gasteiger charge is -2.35. The lowest BCUT2D eigenvalue weighted by Crippen LogP contribution is -2.59. The Kier molecular flexibility index (Phi) is 12.0. The van der Waals surface area contributed by atoms with Crippen LogP contribution in [-0.2, 0) is 35.2 Å². The minimum Gasteiger partial charge on any atom is -0.480 e. The van der Waals surface area contributed by atoms with Crippen LogP contribution in [0.15, 0.2) is 12.5 Å². The number of hydrogen-bond acceptors (Lipinski definition) is 8. The second-order valence-electron chi connectivity index (χ2n) is 13.7. The third kappa shape index (κ3) is 8.48. The van der Waals surface area contributed by atoms with Gasteiger partial charge in [0.05, 0.1) is 12.4 Å². The van der Waals surface area contributed by atoms with Crippen LogP contribution in [0.2, 0.25) is 0 Å². The van der Waals surface area contributed by atoms with Gasteiger partial charge in [-0.3, -0.25) is 24.0 Å². The number of rotatable bonds is 13. The molecule has 0 aliphatic carbocycles. The molecule has 3 aliphatic heterocycles. The number of amides is 5. The fourth-order valence-corrected chi connectivity index (χ4v) is 6.92. The number of nitrogens with zero attached hydrogens (tertiary/aromatic N) is 4. The highest BCUT2D eigenvalue weighted by Crippen LogP contribution is 2.29. The van der Waals surface area contributed by atoms with Crippen LogP contribution < -0.4 is 16.4 Å². The van der Waals surface area contributed by atoms with E-state index in [1.807, 2.05) is 13.8 Å². The summed E-state index contributed by atoms with van der Waals surface area (Å²) in [5.41, 5.74) is 6.84. The van der Waals surface area contributed by atoms with Gasteiger partial charge in [-0.25, -0.2) is 9.78 Å². The topological polar surface area (TPSA) is 211 Å². The Morgan fingerprint density at radius 2 is 1.45 bits per heavy atom. The molecule has 1 aromatic rings. The minimum absolute atomic E-state index is 0.0716. The number of aliphatic carboxylic acids is 1. The number of aromatic amines is 1. The van der Waals surface area contributed by atoms with E-state index >= 15 is 0 Å². The van der Waals surface area contributed by atoms with Gasteiger partial charge in [0.15, 0.2) is 0 Å². The van der Waals surface area contributed by atoms with Gasteiger partial charge >= 0.3 is 5.97 Å². The molecule has 3 aliphatic rings. The third-order valence-corrected chi connectivity index (χ3v) is 9.36. The number of imidazole rings is 1. The van der Waals surface area contributed by atoms with Gasteiger partial charge in [-0.2, -0.15) is 0 Å². The molecule has 260 valence electrons. The van der Waals surface area contributed by atoms with Gasteiger partial charge in [0, 0.05) is 37.9 Å². The van der Waals surface area contributed by atoms with E-state index in [4.69, 9.17) is 5.73 Å². The number of H-pyrrole nitrogens is 1. The Balaban J connectivity index is 1.44. The van der Waals surface area contributed by atoms with E-state index in [1.165, 1.54) is 21.0 Å². The molecule has 4 rings (SSSR count). The first-order valence-corrected chi connectivity index (χ1v) is 16.8. The molecule has 6 N–H and O–H groups in total. The number of carboxylic acids is 1. The summed E-state index contributed by atoms with van der Waals surface area (Å²) in [7, 11) is 0. The summed E-state index contributed by atoms with van der Waals surface area (Å²) >= 11 is 0. The Morgan fingerprint density at radius 3 is 1.98 bits per heavy atom. The summed E-state index contributed by atoms with van der Waals surface area (Å²) in [6.45, 7) is 8.32. The number of hydrogen-bond donors (Lipinski definition) is 5. The van der Waals surface area contributed by atoms with Crippen LogP contribution in [0.3, 0.4) is 0 Å². The number of carbonyl (C=O) groups is 6. The molecule has 4 heterocycles. The third-order valence-electron chi connectivity index (χ3n) is 9.36. The van der Waals surface area contributed by atoms with Crippen molar-refractivity contribution in [1.82, 2.24) is 35.3 Å². The normalized spacial score (nSPS) is 23.2.